The van der Waals surface area contributed by atoms with Gasteiger partial charge >= 0.3 is 0 Å². The van der Waals surface area contributed by atoms with Crippen molar-refractivity contribution < 1.29 is 19.7 Å². The third-order valence-corrected chi connectivity index (χ3v) is 5.09. The van der Waals surface area contributed by atoms with Gasteiger partial charge in [0.15, 0.2) is 0 Å². The second-order valence-corrected chi connectivity index (χ2v) is 7.35. The zero-order valence-electron chi connectivity index (χ0n) is 18.1. The number of nitrogens with zero attached hydrogens (tertiary/aromatic N) is 5. The van der Waals surface area contributed by atoms with E-state index in [0.717, 1.165) is 22.5 Å². The van der Waals surface area contributed by atoms with Gasteiger partial charge in [-0.3, -0.25) is 9.67 Å². The summed E-state index contributed by atoms with van der Waals surface area (Å²) in [6.45, 7) is -0.204. The van der Waals surface area contributed by atoms with E-state index in [9.17, 15) is 10.2 Å². The van der Waals surface area contributed by atoms with E-state index in [-0.39, 0.29) is 13.2 Å². The van der Waals surface area contributed by atoms with E-state index in [4.69, 9.17) is 14.5 Å². The number of ether oxygens (including phenoxy) is 2. The average molecular weight is 435 g/mol. The molecule has 0 aliphatic carbocycles. The molecule has 0 fully saturated rings. The largest absolute Gasteiger partial charge is 0.497 e. The van der Waals surface area contributed by atoms with Crippen LogP contribution in [0.4, 0.5) is 11.4 Å². The molecule has 9 heteroatoms. The monoisotopic (exact) mass is 435 g/mol. The van der Waals surface area contributed by atoms with Gasteiger partial charge in [-0.15, -0.1) is 0 Å². The standard InChI is InChI=1S/C23H25N5O4/c1-27-12-15(10-25-27)23-11-24-21-5-4-16(8-22(21)26-23)28(13-18(30)14-29)17-6-19(31-2)9-20(7-17)32-3/h4-12,18,29-30H,13-14H2,1-3H3/t18-/m1/s1. The van der Waals surface area contributed by atoms with E-state index < -0.39 is 6.10 Å². The van der Waals surface area contributed by atoms with Gasteiger partial charge in [0, 0.05) is 48.4 Å². The lowest BCUT2D eigenvalue weighted by atomic mass is 10.1. The summed E-state index contributed by atoms with van der Waals surface area (Å²) in [7, 11) is 5.01. The third kappa shape index (κ3) is 4.48. The van der Waals surface area contributed by atoms with E-state index in [1.807, 2.05) is 48.5 Å². The van der Waals surface area contributed by atoms with Gasteiger partial charge in [-0.05, 0) is 18.2 Å². The molecule has 2 N–H and O–H groups in total. The molecule has 0 saturated heterocycles. The number of hydrogen-bond donors (Lipinski definition) is 2. The number of fused-ring (bicyclic) bond motifs is 1. The fourth-order valence-electron chi connectivity index (χ4n) is 3.44. The first-order valence-electron chi connectivity index (χ1n) is 10.1. The number of aryl methyl sites for hydroxylation is 1. The highest BCUT2D eigenvalue weighted by molar-refractivity contribution is 5.82. The van der Waals surface area contributed by atoms with Gasteiger partial charge in [0.1, 0.15) is 11.5 Å². The Kier molecular flexibility index (Phi) is 6.20. The summed E-state index contributed by atoms with van der Waals surface area (Å²) < 4.78 is 12.5. The van der Waals surface area contributed by atoms with Crippen LogP contribution in [0.1, 0.15) is 0 Å². The number of rotatable bonds is 8. The topological polar surface area (TPSA) is 106 Å². The second kappa shape index (κ2) is 9.21. The molecule has 0 spiro atoms. The van der Waals surface area contributed by atoms with Crippen LogP contribution in [0.3, 0.4) is 0 Å². The lowest BCUT2D eigenvalue weighted by molar-refractivity contribution is 0.102. The Balaban J connectivity index is 1.80. The maximum atomic E-state index is 10.2. The fraction of sp³-hybridized carbons (Fsp3) is 0.261. The van der Waals surface area contributed by atoms with Crippen LogP contribution in [0.5, 0.6) is 11.5 Å². The summed E-state index contributed by atoms with van der Waals surface area (Å²) in [5.74, 6) is 1.23. The van der Waals surface area contributed by atoms with Gasteiger partial charge in [-0.1, -0.05) is 0 Å². The predicted octanol–water partition coefficient (Wildman–Crippen LogP) is 2.54. The van der Waals surface area contributed by atoms with Crippen molar-refractivity contribution in [1.29, 1.82) is 0 Å². The van der Waals surface area contributed by atoms with Gasteiger partial charge < -0.3 is 24.6 Å². The van der Waals surface area contributed by atoms with E-state index in [1.165, 1.54) is 0 Å². The first-order valence-corrected chi connectivity index (χ1v) is 10.1. The van der Waals surface area contributed by atoms with Gasteiger partial charge in [0.25, 0.3) is 0 Å². The lowest BCUT2D eigenvalue weighted by Gasteiger charge is -2.28. The van der Waals surface area contributed by atoms with Crippen molar-refractivity contribution in [1.82, 2.24) is 19.7 Å². The zero-order chi connectivity index (χ0) is 22.7. The Morgan fingerprint density at radius 2 is 1.75 bits per heavy atom. The van der Waals surface area contributed by atoms with Crippen LogP contribution in [-0.4, -0.2) is 63.4 Å². The maximum Gasteiger partial charge on any atom is 0.124 e. The molecular formula is C23H25N5O4. The molecule has 0 amide bonds. The van der Waals surface area contributed by atoms with Crippen molar-refractivity contribution in [2.24, 2.45) is 7.05 Å². The Morgan fingerprint density at radius 1 is 1.00 bits per heavy atom. The lowest BCUT2D eigenvalue weighted by Crippen LogP contribution is -2.31. The zero-order valence-corrected chi connectivity index (χ0v) is 18.1. The Labute approximate surface area is 185 Å². The quantitative estimate of drug-likeness (QED) is 0.435. The molecule has 0 bridgehead atoms. The molecule has 4 aromatic rings. The van der Waals surface area contributed by atoms with Crippen molar-refractivity contribution in [3.05, 3.63) is 55.0 Å². The minimum Gasteiger partial charge on any atom is -0.497 e. The molecule has 4 rings (SSSR count). The van der Waals surface area contributed by atoms with Crippen molar-refractivity contribution in [2.45, 2.75) is 6.10 Å². The number of methoxy groups -OCH3 is 2. The molecule has 2 aromatic heterocycles. The van der Waals surface area contributed by atoms with E-state index in [1.54, 1.807) is 37.4 Å². The van der Waals surface area contributed by atoms with Gasteiger partial charge in [0.2, 0.25) is 0 Å². The SMILES string of the molecule is COc1cc(OC)cc(N(C[C@@H](O)CO)c2ccc3ncc(-c4cnn(C)c4)nc3c2)c1. The Morgan fingerprint density at radius 3 is 2.38 bits per heavy atom. The molecule has 0 radical (unpaired) electrons. The molecule has 0 saturated carbocycles. The molecule has 1 atom stereocenters. The van der Waals surface area contributed by atoms with E-state index >= 15 is 0 Å². The van der Waals surface area contributed by atoms with Gasteiger partial charge in [-0.2, -0.15) is 5.10 Å². The number of anilines is 2. The van der Waals surface area contributed by atoms with Crippen LogP contribution in [-0.2, 0) is 7.05 Å². The van der Waals surface area contributed by atoms with Crippen molar-refractivity contribution in [2.75, 3.05) is 32.3 Å². The fourth-order valence-corrected chi connectivity index (χ4v) is 3.44. The average Bonchev–Trinajstić information content (AvgIpc) is 3.27. The summed E-state index contributed by atoms with van der Waals surface area (Å²) in [5.41, 5.74) is 4.54. The highest BCUT2D eigenvalue weighted by atomic mass is 16.5. The smallest absolute Gasteiger partial charge is 0.124 e. The molecule has 0 unspecified atom stereocenters. The minimum absolute atomic E-state index is 0.161. The summed E-state index contributed by atoms with van der Waals surface area (Å²) >= 11 is 0. The third-order valence-electron chi connectivity index (χ3n) is 5.09. The predicted molar refractivity (Wildman–Crippen MR) is 121 cm³/mol. The highest BCUT2D eigenvalue weighted by Crippen LogP contribution is 2.34. The first kappa shape index (κ1) is 21.5. The molecule has 2 aromatic carbocycles. The second-order valence-electron chi connectivity index (χ2n) is 7.35. The molecule has 32 heavy (non-hydrogen) atoms. The molecular weight excluding hydrogens is 410 g/mol. The normalized spacial score (nSPS) is 12.0. The number of hydrogen-bond acceptors (Lipinski definition) is 8. The highest BCUT2D eigenvalue weighted by Gasteiger charge is 2.17. The van der Waals surface area contributed by atoms with Crippen LogP contribution < -0.4 is 14.4 Å². The Bertz CT molecular complexity index is 1200. The van der Waals surface area contributed by atoms with Crippen LogP contribution in [0.25, 0.3) is 22.3 Å². The summed E-state index contributed by atoms with van der Waals surface area (Å²) in [5, 5.41) is 23.9. The van der Waals surface area contributed by atoms with Crippen LogP contribution in [0, 0.1) is 0 Å². The molecule has 0 aliphatic heterocycles. The van der Waals surface area contributed by atoms with Crippen molar-refractivity contribution in [3.63, 3.8) is 0 Å². The molecule has 166 valence electrons. The first-order chi connectivity index (χ1) is 15.5. The number of aliphatic hydroxyl groups is 2. The van der Waals surface area contributed by atoms with Crippen LogP contribution in [0.15, 0.2) is 55.0 Å². The molecule has 0 aliphatic rings. The van der Waals surface area contributed by atoms with Crippen molar-refractivity contribution in [3.8, 4) is 22.8 Å². The number of aliphatic hydroxyl groups excluding tert-OH is 2. The van der Waals surface area contributed by atoms with Crippen molar-refractivity contribution >= 4 is 22.4 Å². The summed E-state index contributed by atoms with van der Waals surface area (Å²) in [6.07, 6.45) is 4.40. The number of benzene rings is 2. The van der Waals surface area contributed by atoms with E-state index in [0.29, 0.717) is 22.7 Å². The minimum atomic E-state index is -0.948. The summed E-state index contributed by atoms with van der Waals surface area (Å²) in [4.78, 5) is 11.2. The van der Waals surface area contributed by atoms with Crippen LogP contribution >= 0.6 is 0 Å². The molecule has 2 heterocycles. The maximum absolute atomic E-state index is 10.2. The van der Waals surface area contributed by atoms with Gasteiger partial charge in [0.05, 0.1) is 62.6 Å². The summed E-state index contributed by atoms with van der Waals surface area (Å²) in [6, 6.07) is 11.1. The molecule has 9 nitrogen and oxygen atoms in total. The number of aromatic nitrogens is 4. The van der Waals surface area contributed by atoms with Gasteiger partial charge in [-0.25, -0.2) is 4.98 Å². The van der Waals surface area contributed by atoms with E-state index in [2.05, 4.69) is 10.1 Å². The Hall–Kier alpha value is -3.69. The van der Waals surface area contributed by atoms with Crippen LogP contribution in [0.2, 0.25) is 0 Å².